The van der Waals surface area contributed by atoms with Gasteiger partial charge in [0.25, 0.3) is 11.8 Å². The summed E-state index contributed by atoms with van der Waals surface area (Å²) in [6.45, 7) is 0.508. The fraction of sp³-hybridized carbons (Fsp3) is 0.154. The fourth-order valence-electron chi connectivity index (χ4n) is 3.95. The summed E-state index contributed by atoms with van der Waals surface area (Å²) in [5, 5.41) is 7.10. The number of hydrogen-bond acceptors (Lipinski definition) is 5. The van der Waals surface area contributed by atoms with Crippen LogP contribution in [-0.2, 0) is 6.42 Å². The number of ether oxygens (including phenoxy) is 1. The van der Waals surface area contributed by atoms with Crippen molar-refractivity contribution in [3.05, 3.63) is 102 Å². The van der Waals surface area contributed by atoms with Gasteiger partial charge in [0, 0.05) is 31.4 Å². The number of para-hydroxylation sites is 1. The number of likely N-dealkylation sites (N-methyl/N-ethyl adjacent to an activating group) is 1. The summed E-state index contributed by atoms with van der Waals surface area (Å²) < 4.78 is 7.60. The number of rotatable bonds is 6. The number of aromatic nitrogens is 3. The molecule has 1 aliphatic heterocycles. The van der Waals surface area contributed by atoms with Gasteiger partial charge in [-0.15, -0.1) is 0 Å². The van der Waals surface area contributed by atoms with Crippen molar-refractivity contribution in [2.24, 2.45) is 0 Å². The minimum atomic E-state index is -0.258. The molecule has 0 aliphatic carbocycles. The van der Waals surface area contributed by atoms with E-state index in [0.717, 1.165) is 17.9 Å². The number of nitrogens with zero attached hydrogens (tertiary/aromatic N) is 4. The first-order valence-electron chi connectivity index (χ1n) is 10.9. The summed E-state index contributed by atoms with van der Waals surface area (Å²) in [6.07, 6.45) is 7.15. The molecule has 5 rings (SSSR count). The maximum atomic E-state index is 12.9. The number of benzene rings is 2. The highest BCUT2D eigenvalue weighted by molar-refractivity contribution is 6.03. The van der Waals surface area contributed by atoms with Crippen LogP contribution in [0.25, 0.3) is 5.69 Å². The summed E-state index contributed by atoms with van der Waals surface area (Å²) in [4.78, 5) is 30.8. The van der Waals surface area contributed by atoms with Crippen LogP contribution >= 0.6 is 0 Å². The highest BCUT2D eigenvalue weighted by Crippen LogP contribution is 2.28. The molecule has 8 nitrogen and oxygen atoms in total. The van der Waals surface area contributed by atoms with Gasteiger partial charge in [-0.05, 0) is 48.0 Å². The van der Waals surface area contributed by atoms with Gasteiger partial charge < -0.3 is 15.0 Å². The van der Waals surface area contributed by atoms with Crippen molar-refractivity contribution in [3.8, 4) is 11.4 Å². The Morgan fingerprint density at radius 2 is 1.88 bits per heavy atom. The van der Waals surface area contributed by atoms with Crippen LogP contribution < -0.4 is 10.1 Å². The zero-order chi connectivity index (χ0) is 23.5. The number of fused-ring (bicyclic) bond motifs is 1. The van der Waals surface area contributed by atoms with E-state index in [9.17, 15) is 9.59 Å². The van der Waals surface area contributed by atoms with E-state index in [1.807, 2.05) is 30.3 Å². The van der Waals surface area contributed by atoms with Gasteiger partial charge >= 0.3 is 0 Å². The van der Waals surface area contributed by atoms with Crippen molar-refractivity contribution < 1.29 is 14.3 Å². The molecule has 34 heavy (non-hydrogen) atoms. The van der Waals surface area contributed by atoms with Gasteiger partial charge in [0.15, 0.2) is 0 Å². The molecule has 0 saturated heterocycles. The Balaban J connectivity index is 1.20. The van der Waals surface area contributed by atoms with Crippen LogP contribution in [-0.4, -0.2) is 51.2 Å². The lowest BCUT2D eigenvalue weighted by molar-refractivity contribution is 0.0730. The molecule has 1 N–H and O–H groups in total. The van der Waals surface area contributed by atoms with Crippen molar-refractivity contribution in [2.75, 3.05) is 18.9 Å². The first-order valence-corrected chi connectivity index (χ1v) is 10.9. The molecule has 8 heteroatoms. The molecular formula is C26H23N5O3. The Hall–Kier alpha value is -4.46. The van der Waals surface area contributed by atoms with E-state index in [4.69, 9.17) is 4.74 Å². The standard InChI is InChI=1S/C26H23N5O3/c1-30(17-23-13-19-5-2-3-7-24(19)34-23)26(33)18-8-10-22(11-9-18)31-16-21(15-28-31)29-25(32)20-6-4-12-27-14-20/h2-12,14-16,23H,13,17H2,1H3,(H,29,32)/t23-/m0/s1. The van der Waals surface area contributed by atoms with Crippen molar-refractivity contribution in [3.63, 3.8) is 0 Å². The van der Waals surface area contributed by atoms with E-state index in [1.165, 1.54) is 11.8 Å². The van der Waals surface area contributed by atoms with Gasteiger partial charge in [-0.2, -0.15) is 5.10 Å². The molecule has 170 valence electrons. The second-order valence-corrected chi connectivity index (χ2v) is 8.15. The monoisotopic (exact) mass is 453 g/mol. The normalized spacial score (nSPS) is 14.2. The lowest BCUT2D eigenvalue weighted by atomic mass is 10.1. The molecule has 2 aromatic heterocycles. The molecule has 0 unspecified atom stereocenters. The summed E-state index contributed by atoms with van der Waals surface area (Å²) in [6, 6.07) is 18.6. The summed E-state index contributed by atoms with van der Waals surface area (Å²) in [5.41, 5.74) is 3.56. The Morgan fingerprint density at radius 1 is 1.06 bits per heavy atom. The third kappa shape index (κ3) is 4.52. The minimum Gasteiger partial charge on any atom is -0.488 e. The van der Waals surface area contributed by atoms with Crippen molar-refractivity contribution in [2.45, 2.75) is 12.5 Å². The Morgan fingerprint density at radius 3 is 2.65 bits per heavy atom. The topological polar surface area (TPSA) is 89.4 Å². The van der Waals surface area contributed by atoms with Gasteiger partial charge in [0.2, 0.25) is 0 Å². The lowest BCUT2D eigenvalue weighted by Gasteiger charge is -2.21. The summed E-state index contributed by atoms with van der Waals surface area (Å²) in [5.74, 6) is 0.565. The predicted octanol–water partition coefficient (Wildman–Crippen LogP) is 3.60. The Labute approximate surface area is 196 Å². The number of nitrogens with one attached hydrogen (secondary N) is 1. The zero-order valence-electron chi connectivity index (χ0n) is 18.6. The van der Waals surface area contributed by atoms with E-state index in [0.29, 0.717) is 23.4 Å². The molecular weight excluding hydrogens is 430 g/mol. The molecule has 2 aromatic carbocycles. The van der Waals surface area contributed by atoms with E-state index in [1.54, 1.807) is 59.5 Å². The maximum absolute atomic E-state index is 12.9. The third-order valence-corrected chi connectivity index (χ3v) is 5.68. The van der Waals surface area contributed by atoms with Gasteiger partial charge in [0.1, 0.15) is 11.9 Å². The average molecular weight is 454 g/mol. The lowest BCUT2D eigenvalue weighted by Crippen LogP contribution is -2.36. The predicted molar refractivity (Wildman–Crippen MR) is 127 cm³/mol. The fourth-order valence-corrected chi connectivity index (χ4v) is 3.95. The van der Waals surface area contributed by atoms with E-state index >= 15 is 0 Å². The molecule has 0 fully saturated rings. The van der Waals surface area contributed by atoms with Crippen LogP contribution in [0.4, 0.5) is 5.69 Å². The van der Waals surface area contributed by atoms with Crippen LogP contribution in [0.5, 0.6) is 5.75 Å². The molecule has 0 spiro atoms. The van der Waals surface area contributed by atoms with Crippen LogP contribution in [0.1, 0.15) is 26.3 Å². The number of hydrogen-bond donors (Lipinski definition) is 1. The molecule has 1 aliphatic rings. The van der Waals surface area contributed by atoms with Crippen molar-refractivity contribution >= 4 is 17.5 Å². The minimum absolute atomic E-state index is 0.0463. The second kappa shape index (κ2) is 9.19. The van der Waals surface area contributed by atoms with Crippen molar-refractivity contribution in [1.29, 1.82) is 0 Å². The molecule has 2 amide bonds. The van der Waals surface area contributed by atoms with Gasteiger partial charge in [-0.1, -0.05) is 18.2 Å². The zero-order valence-corrected chi connectivity index (χ0v) is 18.6. The number of carbonyl (C=O) groups excluding carboxylic acids is 2. The first kappa shape index (κ1) is 21.4. The van der Waals surface area contributed by atoms with Crippen LogP contribution in [0.3, 0.4) is 0 Å². The molecule has 1 atom stereocenters. The Bertz CT molecular complexity index is 1290. The molecule has 0 radical (unpaired) electrons. The Kier molecular flexibility index (Phi) is 5.78. The van der Waals surface area contributed by atoms with Crippen LogP contribution in [0, 0.1) is 0 Å². The van der Waals surface area contributed by atoms with Gasteiger partial charge in [-0.3, -0.25) is 14.6 Å². The van der Waals surface area contributed by atoms with E-state index in [2.05, 4.69) is 21.5 Å². The number of anilines is 1. The van der Waals surface area contributed by atoms with Crippen LogP contribution in [0.15, 0.2) is 85.5 Å². The molecule has 4 aromatic rings. The molecule has 3 heterocycles. The SMILES string of the molecule is CN(C[C@@H]1Cc2ccccc2O1)C(=O)c1ccc(-n2cc(NC(=O)c3cccnc3)cn2)cc1. The quantitative estimate of drug-likeness (QED) is 0.482. The maximum Gasteiger partial charge on any atom is 0.257 e. The second-order valence-electron chi connectivity index (χ2n) is 8.15. The highest BCUT2D eigenvalue weighted by Gasteiger charge is 2.25. The van der Waals surface area contributed by atoms with E-state index in [-0.39, 0.29) is 17.9 Å². The molecule has 0 saturated carbocycles. The molecule has 0 bridgehead atoms. The smallest absolute Gasteiger partial charge is 0.257 e. The van der Waals surface area contributed by atoms with Gasteiger partial charge in [-0.25, -0.2) is 4.68 Å². The number of carbonyl (C=O) groups is 2. The largest absolute Gasteiger partial charge is 0.488 e. The summed E-state index contributed by atoms with van der Waals surface area (Å²) >= 11 is 0. The van der Waals surface area contributed by atoms with E-state index < -0.39 is 0 Å². The number of amides is 2. The first-order chi connectivity index (χ1) is 16.6. The summed E-state index contributed by atoms with van der Waals surface area (Å²) in [7, 11) is 1.79. The van der Waals surface area contributed by atoms with Crippen LogP contribution in [0.2, 0.25) is 0 Å². The average Bonchev–Trinajstić information content (AvgIpc) is 3.50. The third-order valence-electron chi connectivity index (χ3n) is 5.68. The number of pyridine rings is 1. The highest BCUT2D eigenvalue weighted by atomic mass is 16.5. The van der Waals surface area contributed by atoms with Gasteiger partial charge in [0.05, 0.1) is 35.9 Å². The van der Waals surface area contributed by atoms with Crippen molar-refractivity contribution in [1.82, 2.24) is 19.7 Å².